The first-order chi connectivity index (χ1) is 7.56. The van der Waals surface area contributed by atoms with Gasteiger partial charge in [0.05, 0.1) is 17.3 Å². The SMILES string of the molecule is CCN(CC(C)C(N)=O)c1ccccc1N. The van der Waals surface area contributed by atoms with Crippen molar-refractivity contribution >= 4 is 17.3 Å². The number of primary amides is 1. The van der Waals surface area contributed by atoms with Crippen molar-refractivity contribution in [3.05, 3.63) is 24.3 Å². The Morgan fingerprint density at radius 2 is 2.06 bits per heavy atom. The molecule has 0 spiro atoms. The highest BCUT2D eigenvalue weighted by atomic mass is 16.1. The number of anilines is 2. The summed E-state index contributed by atoms with van der Waals surface area (Å²) in [5.41, 5.74) is 12.8. The first-order valence-electron chi connectivity index (χ1n) is 5.45. The first kappa shape index (κ1) is 12.4. The van der Waals surface area contributed by atoms with Crippen molar-refractivity contribution in [1.29, 1.82) is 0 Å². The van der Waals surface area contributed by atoms with E-state index in [0.717, 1.165) is 17.9 Å². The van der Waals surface area contributed by atoms with Crippen LogP contribution in [0.3, 0.4) is 0 Å². The molecule has 1 atom stereocenters. The molecule has 1 unspecified atom stereocenters. The molecular weight excluding hydrogens is 202 g/mol. The van der Waals surface area contributed by atoms with Gasteiger partial charge in [-0.3, -0.25) is 4.79 Å². The summed E-state index contributed by atoms with van der Waals surface area (Å²) in [5.74, 6) is -0.465. The molecule has 1 aromatic carbocycles. The van der Waals surface area contributed by atoms with Gasteiger partial charge in [-0.1, -0.05) is 19.1 Å². The Balaban J connectivity index is 2.83. The van der Waals surface area contributed by atoms with Crippen LogP contribution >= 0.6 is 0 Å². The molecule has 0 radical (unpaired) electrons. The number of carbonyl (C=O) groups excluding carboxylic acids is 1. The van der Waals surface area contributed by atoms with Crippen LogP contribution in [0.1, 0.15) is 13.8 Å². The Hall–Kier alpha value is -1.71. The number of hydrogen-bond donors (Lipinski definition) is 2. The molecule has 88 valence electrons. The summed E-state index contributed by atoms with van der Waals surface area (Å²) in [4.78, 5) is 13.1. The fourth-order valence-electron chi connectivity index (χ4n) is 1.59. The van der Waals surface area contributed by atoms with Gasteiger partial charge in [0.2, 0.25) is 5.91 Å². The van der Waals surface area contributed by atoms with Crippen molar-refractivity contribution in [2.24, 2.45) is 11.7 Å². The number of benzene rings is 1. The number of hydrogen-bond acceptors (Lipinski definition) is 3. The molecule has 0 saturated heterocycles. The molecule has 1 rings (SSSR count). The van der Waals surface area contributed by atoms with Crippen LogP contribution < -0.4 is 16.4 Å². The van der Waals surface area contributed by atoms with E-state index < -0.39 is 0 Å². The van der Waals surface area contributed by atoms with Gasteiger partial charge in [0.15, 0.2) is 0 Å². The second-order valence-electron chi connectivity index (χ2n) is 3.90. The van der Waals surface area contributed by atoms with E-state index in [9.17, 15) is 4.79 Å². The maximum Gasteiger partial charge on any atom is 0.222 e. The molecule has 0 aliphatic carbocycles. The highest BCUT2D eigenvalue weighted by Crippen LogP contribution is 2.22. The van der Waals surface area contributed by atoms with Crippen molar-refractivity contribution in [2.75, 3.05) is 23.7 Å². The van der Waals surface area contributed by atoms with Crippen molar-refractivity contribution in [2.45, 2.75) is 13.8 Å². The average Bonchev–Trinajstić information content (AvgIpc) is 2.26. The van der Waals surface area contributed by atoms with Gasteiger partial charge < -0.3 is 16.4 Å². The minimum Gasteiger partial charge on any atom is -0.397 e. The molecule has 0 aromatic heterocycles. The molecule has 4 nitrogen and oxygen atoms in total. The van der Waals surface area contributed by atoms with E-state index >= 15 is 0 Å². The van der Waals surface area contributed by atoms with E-state index in [0.29, 0.717) is 6.54 Å². The third kappa shape index (κ3) is 2.89. The highest BCUT2D eigenvalue weighted by Gasteiger charge is 2.15. The lowest BCUT2D eigenvalue weighted by atomic mass is 10.1. The monoisotopic (exact) mass is 221 g/mol. The predicted octanol–water partition coefficient (Wildman–Crippen LogP) is 1.22. The summed E-state index contributed by atoms with van der Waals surface area (Å²) >= 11 is 0. The van der Waals surface area contributed by atoms with Crippen LogP contribution in [-0.2, 0) is 4.79 Å². The number of rotatable bonds is 5. The highest BCUT2D eigenvalue weighted by molar-refractivity contribution is 5.77. The quantitative estimate of drug-likeness (QED) is 0.734. The molecule has 4 heteroatoms. The number of carbonyl (C=O) groups is 1. The summed E-state index contributed by atoms with van der Waals surface area (Å²) < 4.78 is 0. The van der Waals surface area contributed by atoms with Gasteiger partial charge in [-0.25, -0.2) is 0 Å². The summed E-state index contributed by atoms with van der Waals surface area (Å²) in [6.07, 6.45) is 0. The number of nitrogens with two attached hydrogens (primary N) is 2. The van der Waals surface area contributed by atoms with Gasteiger partial charge in [0, 0.05) is 13.1 Å². The normalized spacial score (nSPS) is 12.1. The van der Waals surface area contributed by atoms with Crippen LogP contribution in [0.25, 0.3) is 0 Å². The number of para-hydroxylation sites is 2. The topological polar surface area (TPSA) is 72.3 Å². The van der Waals surface area contributed by atoms with Crippen LogP contribution in [0.15, 0.2) is 24.3 Å². The van der Waals surface area contributed by atoms with E-state index in [1.165, 1.54) is 0 Å². The molecule has 0 fully saturated rings. The summed E-state index contributed by atoms with van der Waals surface area (Å²) in [7, 11) is 0. The average molecular weight is 221 g/mol. The zero-order valence-electron chi connectivity index (χ0n) is 9.81. The molecular formula is C12H19N3O. The van der Waals surface area contributed by atoms with Crippen LogP contribution in [0, 0.1) is 5.92 Å². The van der Waals surface area contributed by atoms with Gasteiger partial charge in [-0.2, -0.15) is 0 Å². The lowest BCUT2D eigenvalue weighted by Crippen LogP contribution is -2.35. The Morgan fingerprint density at radius 1 is 1.44 bits per heavy atom. The Morgan fingerprint density at radius 3 is 2.56 bits per heavy atom. The molecule has 0 saturated carbocycles. The van der Waals surface area contributed by atoms with Crippen molar-refractivity contribution in [3.8, 4) is 0 Å². The predicted molar refractivity (Wildman–Crippen MR) is 67.1 cm³/mol. The molecule has 0 aliphatic rings. The smallest absolute Gasteiger partial charge is 0.222 e. The van der Waals surface area contributed by atoms with Crippen LogP contribution in [0.5, 0.6) is 0 Å². The Bertz CT molecular complexity index is 365. The fraction of sp³-hybridized carbons (Fsp3) is 0.417. The first-order valence-corrected chi connectivity index (χ1v) is 5.45. The van der Waals surface area contributed by atoms with E-state index in [4.69, 9.17) is 11.5 Å². The minimum atomic E-state index is -0.284. The Kier molecular flexibility index (Phi) is 4.17. The zero-order chi connectivity index (χ0) is 12.1. The summed E-state index contributed by atoms with van der Waals surface area (Å²) in [6, 6.07) is 7.63. The fourth-order valence-corrected chi connectivity index (χ4v) is 1.59. The molecule has 1 amide bonds. The zero-order valence-corrected chi connectivity index (χ0v) is 9.81. The second-order valence-corrected chi connectivity index (χ2v) is 3.90. The van der Waals surface area contributed by atoms with E-state index in [1.54, 1.807) is 0 Å². The van der Waals surface area contributed by atoms with Gasteiger partial charge in [0.25, 0.3) is 0 Å². The maximum absolute atomic E-state index is 11.0. The van der Waals surface area contributed by atoms with Crippen molar-refractivity contribution < 1.29 is 4.79 Å². The second kappa shape index (κ2) is 5.39. The molecule has 0 bridgehead atoms. The molecule has 1 aromatic rings. The molecule has 0 heterocycles. The minimum absolute atomic E-state index is 0.181. The molecule has 4 N–H and O–H groups in total. The lowest BCUT2D eigenvalue weighted by molar-refractivity contribution is -0.121. The van der Waals surface area contributed by atoms with Crippen molar-refractivity contribution in [3.63, 3.8) is 0 Å². The molecule has 16 heavy (non-hydrogen) atoms. The van der Waals surface area contributed by atoms with Gasteiger partial charge in [-0.15, -0.1) is 0 Å². The number of amides is 1. The summed E-state index contributed by atoms with van der Waals surface area (Å²) in [5, 5.41) is 0. The number of nitrogens with zero attached hydrogens (tertiary/aromatic N) is 1. The maximum atomic E-state index is 11.0. The Labute approximate surface area is 96.2 Å². The third-order valence-corrected chi connectivity index (χ3v) is 2.64. The number of nitrogen functional groups attached to an aromatic ring is 1. The van der Waals surface area contributed by atoms with Crippen LogP contribution in [0.2, 0.25) is 0 Å². The third-order valence-electron chi connectivity index (χ3n) is 2.64. The van der Waals surface area contributed by atoms with Gasteiger partial charge in [-0.05, 0) is 19.1 Å². The van der Waals surface area contributed by atoms with Crippen LogP contribution in [0.4, 0.5) is 11.4 Å². The van der Waals surface area contributed by atoms with E-state index in [1.807, 2.05) is 38.1 Å². The van der Waals surface area contributed by atoms with E-state index in [-0.39, 0.29) is 11.8 Å². The van der Waals surface area contributed by atoms with Gasteiger partial charge >= 0.3 is 0 Å². The summed E-state index contributed by atoms with van der Waals surface area (Å²) in [6.45, 7) is 5.25. The van der Waals surface area contributed by atoms with E-state index in [2.05, 4.69) is 4.90 Å². The van der Waals surface area contributed by atoms with Crippen molar-refractivity contribution in [1.82, 2.24) is 0 Å². The molecule has 0 aliphatic heterocycles. The van der Waals surface area contributed by atoms with Gasteiger partial charge in [0.1, 0.15) is 0 Å². The largest absolute Gasteiger partial charge is 0.397 e. The van der Waals surface area contributed by atoms with Crippen LogP contribution in [-0.4, -0.2) is 19.0 Å². The lowest BCUT2D eigenvalue weighted by Gasteiger charge is -2.26. The standard InChI is InChI=1S/C12H19N3O/c1-3-15(8-9(2)12(14)16)11-7-5-4-6-10(11)13/h4-7,9H,3,8,13H2,1-2H3,(H2,14,16).